The minimum atomic E-state index is -4.63. The molecule has 0 unspecified atom stereocenters. The van der Waals surface area contributed by atoms with Gasteiger partial charge in [-0.15, -0.1) is 0 Å². The molecule has 0 bridgehead atoms. The van der Waals surface area contributed by atoms with Crippen molar-refractivity contribution in [3.63, 3.8) is 0 Å². The van der Waals surface area contributed by atoms with Gasteiger partial charge in [0.25, 0.3) is 21.5 Å². The first kappa shape index (κ1) is 13.7. The molecule has 0 amide bonds. The van der Waals surface area contributed by atoms with E-state index in [0.29, 0.717) is 6.07 Å². The fourth-order valence-corrected chi connectivity index (χ4v) is 1.99. The van der Waals surface area contributed by atoms with Crippen molar-refractivity contribution in [1.29, 1.82) is 0 Å². The zero-order valence-corrected chi connectivity index (χ0v) is 9.37. The normalized spacial score (nSPS) is 11.8. The lowest BCUT2D eigenvalue weighted by Gasteiger charge is -2.05. The molecule has 94 valence electrons. The third-order valence-electron chi connectivity index (χ3n) is 1.65. The van der Waals surface area contributed by atoms with Crippen LogP contribution in [0.25, 0.3) is 0 Å². The molecular weight excluding hydrogens is 284 g/mol. The molecule has 17 heavy (non-hydrogen) atoms. The van der Waals surface area contributed by atoms with E-state index >= 15 is 0 Å². The molecule has 0 spiro atoms. The van der Waals surface area contributed by atoms with E-state index in [2.05, 4.69) is 10.1 Å². The number of nitrogens with zero attached hydrogens (tertiary/aromatic N) is 2. The van der Waals surface area contributed by atoms with E-state index in [-0.39, 0.29) is 0 Å². The molecule has 1 aromatic heterocycles. The number of nitro groups is 1. The van der Waals surface area contributed by atoms with Gasteiger partial charge in [0.1, 0.15) is 10.7 Å². The van der Waals surface area contributed by atoms with Crippen LogP contribution in [0.15, 0.2) is 11.1 Å². The molecule has 1 aromatic rings. The molecule has 11 heteroatoms. The maximum absolute atomic E-state index is 12.5. The molecule has 0 aliphatic heterocycles. The van der Waals surface area contributed by atoms with Crippen molar-refractivity contribution in [2.45, 2.75) is 11.5 Å². The van der Waals surface area contributed by atoms with Crippen LogP contribution in [-0.4, -0.2) is 18.3 Å². The number of sulfonamides is 1. The van der Waals surface area contributed by atoms with Crippen molar-refractivity contribution >= 4 is 27.3 Å². The van der Waals surface area contributed by atoms with Gasteiger partial charge in [0.2, 0.25) is 0 Å². The zero-order valence-electron chi connectivity index (χ0n) is 7.80. The Morgan fingerprint density at radius 2 is 2.06 bits per heavy atom. The Morgan fingerprint density at radius 3 is 2.41 bits per heavy atom. The molecule has 0 saturated carbocycles. The van der Waals surface area contributed by atoms with E-state index in [1.165, 1.54) is 0 Å². The Kier molecular flexibility index (Phi) is 3.59. The van der Waals surface area contributed by atoms with Gasteiger partial charge in [-0.05, 0) is 6.07 Å². The lowest BCUT2D eigenvalue weighted by molar-refractivity contribution is -0.389. The van der Waals surface area contributed by atoms with Crippen molar-refractivity contribution in [2.75, 3.05) is 0 Å². The van der Waals surface area contributed by atoms with Crippen molar-refractivity contribution < 1.29 is 22.1 Å². The third kappa shape index (κ3) is 2.84. The highest BCUT2D eigenvalue weighted by Crippen LogP contribution is 2.34. The molecule has 0 aromatic carbocycles. The number of halogens is 3. The van der Waals surface area contributed by atoms with Crippen LogP contribution in [0.4, 0.5) is 14.5 Å². The highest BCUT2D eigenvalue weighted by atomic mass is 35.5. The molecule has 2 N–H and O–H groups in total. The number of aromatic nitrogens is 1. The van der Waals surface area contributed by atoms with Crippen molar-refractivity contribution in [1.82, 2.24) is 4.98 Å². The van der Waals surface area contributed by atoms with Gasteiger partial charge in [0.05, 0.1) is 4.92 Å². The second-order valence-electron chi connectivity index (χ2n) is 2.79. The number of hydrogen-bond acceptors (Lipinski definition) is 5. The zero-order chi connectivity index (χ0) is 13.4. The van der Waals surface area contributed by atoms with Gasteiger partial charge in [0.15, 0.2) is 0 Å². The number of primary sulfonamides is 1. The van der Waals surface area contributed by atoms with Gasteiger partial charge < -0.3 is 0 Å². The summed E-state index contributed by atoms with van der Waals surface area (Å²) in [5, 5.41) is 13.3. The molecule has 0 atom stereocenters. The predicted octanol–water partition coefficient (Wildman–Crippen LogP) is 1.23. The van der Waals surface area contributed by atoms with Gasteiger partial charge in [-0.25, -0.2) is 27.3 Å². The quantitative estimate of drug-likeness (QED) is 0.510. The monoisotopic (exact) mass is 287 g/mol. The molecule has 1 heterocycles. The van der Waals surface area contributed by atoms with E-state index in [0.717, 1.165) is 0 Å². The van der Waals surface area contributed by atoms with Crippen LogP contribution in [0.5, 0.6) is 0 Å². The van der Waals surface area contributed by atoms with Gasteiger partial charge >= 0.3 is 5.69 Å². The Bertz CT molecular complexity index is 577. The summed E-state index contributed by atoms with van der Waals surface area (Å²) in [7, 11) is -4.63. The largest absolute Gasteiger partial charge is 0.316 e. The number of pyridine rings is 1. The van der Waals surface area contributed by atoms with Gasteiger partial charge in [-0.2, -0.15) is 0 Å². The minimum absolute atomic E-state index is 0.513. The predicted molar refractivity (Wildman–Crippen MR) is 52.2 cm³/mol. The van der Waals surface area contributed by atoms with Crippen molar-refractivity contribution in [3.8, 4) is 0 Å². The number of alkyl halides is 2. The average molecular weight is 288 g/mol. The Balaban J connectivity index is 3.77. The van der Waals surface area contributed by atoms with Crippen LogP contribution in [0.3, 0.4) is 0 Å². The lowest BCUT2D eigenvalue weighted by Crippen LogP contribution is -2.17. The standard InChI is InChI=1S/C6H4ClF2N3O4S/c7-3-1-2(5(8)9)4(12(13)14)6(11-3)17(10,15)16/h1,5H,(H2,10,15,16). The summed E-state index contributed by atoms with van der Waals surface area (Å²) in [5.74, 6) is 0. The van der Waals surface area contributed by atoms with Gasteiger partial charge in [-0.3, -0.25) is 10.1 Å². The molecule has 0 fully saturated rings. The van der Waals surface area contributed by atoms with Crippen LogP contribution >= 0.6 is 11.6 Å². The smallest absolute Gasteiger partial charge is 0.258 e. The van der Waals surface area contributed by atoms with Gasteiger partial charge in [0, 0.05) is 0 Å². The van der Waals surface area contributed by atoms with Crippen LogP contribution in [0.1, 0.15) is 12.0 Å². The molecular formula is C6H4ClF2N3O4S. The average Bonchev–Trinajstić information content (AvgIpc) is 2.14. The summed E-state index contributed by atoms with van der Waals surface area (Å²) in [5.41, 5.74) is -2.52. The summed E-state index contributed by atoms with van der Waals surface area (Å²) in [6.45, 7) is 0. The van der Waals surface area contributed by atoms with E-state index in [4.69, 9.17) is 11.6 Å². The van der Waals surface area contributed by atoms with Crippen molar-refractivity contribution in [2.24, 2.45) is 5.14 Å². The number of hydrogen-bond donors (Lipinski definition) is 1. The second kappa shape index (κ2) is 4.47. The van der Waals surface area contributed by atoms with Crippen molar-refractivity contribution in [3.05, 3.63) is 26.9 Å². The third-order valence-corrected chi connectivity index (χ3v) is 2.66. The topological polar surface area (TPSA) is 116 Å². The summed E-state index contributed by atoms with van der Waals surface area (Å²) in [6.07, 6.45) is -3.28. The summed E-state index contributed by atoms with van der Waals surface area (Å²) >= 11 is 5.29. The Hall–Kier alpha value is -1.39. The molecule has 0 aliphatic rings. The van der Waals surface area contributed by atoms with Crippen LogP contribution in [0.2, 0.25) is 5.15 Å². The van der Waals surface area contributed by atoms with Gasteiger partial charge in [-0.1, -0.05) is 11.6 Å². The fourth-order valence-electron chi connectivity index (χ4n) is 1.05. The van der Waals surface area contributed by atoms with Crippen LogP contribution in [0, 0.1) is 10.1 Å². The van der Waals surface area contributed by atoms with Crippen LogP contribution < -0.4 is 5.14 Å². The first-order valence-electron chi connectivity index (χ1n) is 3.80. The molecule has 7 nitrogen and oxygen atoms in total. The second-order valence-corrected chi connectivity index (χ2v) is 4.65. The Morgan fingerprint density at radius 1 is 1.53 bits per heavy atom. The van der Waals surface area contributed by atoms with E-state index < -0.39 is 42.8 Å². The molecule has 0 saturated heterocycles. The number of rotatable bonds is 3. The molecule has 1 rings (SSSR count). The summed E-state index contributed by atoms with van der Waals surface area (Å²) < 4.78 is 47.0. The summed E-state index contributed by atoms with van der Waals surface area (Å²) in [4.78, 5) is 12.4. The minimum Gasteiger partial charge on any atom is -0.258 e. The lowest BCUT2D eigenvalue weighted by atomic mass is 10.2. The first-order chi connectivity index (χ1) is 7.64. The highest BCUT2D eigenvalue weighted by Gasteiger charge is 2.33. The highest BCUT2D eigenvalue weighted by molar-refractivity contribution is 7.89. The first-order valence-corrected chi connectivity index (χ1v) is 5.72. The maximum Gasteiger partial charge on any atom is 0.316 e. The SMILES string of the molecule is NS(=O)(=O)c1nc(Cl)cc(C(F)F)c1[N+](=O)[O-]. The van der Waals surface area contributed by atoms with E-state index in [9.17, 15) is 27.3 Å². The molecule has 0 aliphatic carbocycles. The summed E-state index contributed by atoms with van der Waals surface area (Å²) in [6, 6.07) is 0.513. The van der Waals surface area contributed by atoms with E-state index in [1.54, 1.807) is 0 Å². The fraction of sp³-hybridized carbons (Fsp3) is 0.167. The number of nitrogens with two attached hydrogens (primary N) is 1. The Labute approximate surface area is 98.4 Å². The maximum atomic E-state index is 12.5. The van der Waals surface area contributed by atoms with Crippen LogP contribution in [-0.2, 0) is 10.0 Å². The van der Waals surface area contributed by atoms with E-state index in [1.807, 2.05) is 0 Å². The molecule has 0 radical (unpaired) electrons.